The summed E-state index contributed by atoms with van der Waals surface area (Å²) in [6, 6.07) is 2.72. The van der Waals surface area contributed by atoms with E-state index in [0.717, 1.165) is 19.0 Å². The summed E-state index contributed by atoms with van der Waals surface area (Å²) in [6.45, 7) is 11.9. The lowest BCUT2D eigenvalue weighted by atomic mass is 10.1. The number of hydrogen-bond acceptors (Lipinski definition) is 3. The normalized spacial score (nSPS) is 16.9. The van der Waals surface area contributed by atoms with Gasteiger partial charge in [0.2, 0.25) is 0 Å². The number of guanidine groups is 1. The van der Waals surface area contributed by atoms with Crippen molar-refractivity contribution in [3.63, 3.8) is 0 Å². The maximum absolute atomic E-state index is 4.76. The van der Waals surface area contributed by atoms with E-state index in [2.05, 4.69) is 47.8 Å². The molecule has 0 bridgehead atoms. The predicted molar refractivity (Wildman–Crippen MR) is 112 cm³/mol. The molecular formula is C17H31IN4S. The van der Waals surface area contributed by atoms with Crippen LogP contribution < -0.4 is 10.6 Å². The van der Waals surface area contributed by atoms with Gasteiger partial charge in [-0.05, 0) is 56.7 Å². The molecule has 0 spiro atoms. The molecule has 2 heterocycles. The number of piperidine rings is 1. The van der Waals surface area contributed by atoms with Crippen molar-refractivity contribution in [1.82, 2.24) is 15.5 Å². The van der Waals surface area contributed by atoms with E-state index in [1.54, 1.807) is 11.3 Å². The molecule has 1 aliphatic rings. The first-order chi connectivity index (χ1) is 10.7. The van der Waals surface area contributed by atoms with Crippen molar-refractivity contribution in [2.75, 3.05) is 26.2 Å². The molecule has 0 amide bonds. The molecule has 0 unspecified atom stereocenters. The third kappa shape index (κ3) is 6.97. The third-order valence-electron chi connectivity index (χ3n) is 4.16. The predicted octanol–water partition coefficient (Wildman–Crippen LogP) is 3.60. The van der Waals surface area contributed by atoms with Gasteiger partial charge in [-0.3, -0.25) is 0 Å². The van der Waals surface area contributed by atoms with Crippen molar-refractivity contribution >= 4 is 41.3 Å². The average molecular weight is 450 g/mol. The summed E-state index contributed by atoms with van der Waals surface area (Å²) in [7, 11) is 0. The highest BCUT2D eigenvalue weighted by Crippen LogP contribution is 2.16. The van der Waals surface area contributed by atoms with Gasteiger partial charge in [0.05, 0.1) is 6.54 Å². The van der Waals surface area contributed by atoms with Crippen molar-refractivity contribution < 1.29 is 0 Å². The number of thiophene rings is 1. The number of likely N-dealkylation sites (tertiary alicyclic amines) is 1. The van der Waals surface area contributed by atoms with Gasteiger partial charge in [-0.15, -0.1) is 35.3 Å². The summed E-state index contributed by atoms with van der Waals surface area (Å²) in [5.74, 6) is 0.962. The second-order valence-corrected chi connectivity index (χ2v) is 6.98. The van der Waals surface area contributed by atoms with E-state index in [0.29, 0.717) is 6.04 Å². The highest BCUT2D eigenvalue weighted by atomic mass is 127. The van der Waals surface area contributed by atoms with Gasteiger partial charge in [-0.2, -0.15) is 0 Å². The summed E-state index contributed by atoms with van der Waals surface area (Å²) < 4.78 is 0. The molecule has 2 N–H and O–H groups in total. The second-order valence-electron chi connectivity index (χ2n) is 5.98. The first-order valence-corrected chi connectivity index (χ1v) is 9.41. The fourth-order valence-corrected chi connectivity index (χ4v) is 3.68. The average Bonchev–Trinajstić information content (AvgIpc) is 2.92. The summed E-state index contributed by atoms with van der Waals surface area (Å²) in [5.41, 5.74) is 1.34. The molecule has 0 atom stereocenters. The first-order valence-electron chi connectivity index (χ1n) is 8.53. The maximum atomic E-state index is 4.76. The van der Waals surface area contributed by atoms with Crippen LogP contribution in [0.5, 0.6) is 0 Å². The minimum Gasteiger partial charge on any atom is -0.357 e. The van der Waals surface area contributed by atoms with Crippen molar-refractivity contribution in [3.8, 4) is 0 Å². The van der Waals surface area contributed by atoms with Crippen LogP contribution in [-0.2, 0) is 6.54 Å². The Morgan fingerprint density at radius 2 is 2.09 bits per heavy atom. The Labute approximate surface area is 162 Å². The first kappa shape index (κ1) is 20.7. The largest absolute Gasteiger partial charge is 0.357 e. The quantitative estimate of drug-likeness (QED) is 0.395. The van der Waals surface area contributed by atoms with Gasteiger partial charge in [0.1, 0.15) is 0 Å². The summed E-state index contributed by atoms with van der Waals surface area (Å²) in [5, 5.41) is 9.14. The minimum absolute atomic E-state index is 0. The van der Waals surface area contributed by atoms with Crippen LogP contribution in [0, 0.1) is 6.92 Å². The Hall–Kier alpha value is -0.340. The van der Waals surface area contributed by atoms with Crippen molar-refractivity contribution in [2.45, 2.75) is 52.6 Å². The lowest BCUT2D eigenvalue weighted by Crippen LogP contribution is -2.48. The number of aliphatic imine (C=N–C) groups is 1. The molecule has 1 saturated heterocycles. The molecule has 6 heteroatoms. The zero-order chi connectivity index (χ0) is 15.8. The van der Waals surface area contributed by atoms with Crippen molar-refractivity contribution in [1.29, 1.82) is 0 Å². The van der Waals surface area contributed by atoms with E-state index < -0.39 is 0 Å². The van der Waals surface area contributed by atoms with E-state index in [1.807, 2.05) is 0 Å². The van der Waals surface area contributed by atoms with Gasteiger partial charge in [-0.1, -0.05) is 6.92 Å². The second kappa shape index (κ2) is 11.3. The molecular weight excluding hydrogens is 419 g/mol. The van der Waals surface area contributed by atoms with E-state index in [-0.39, 0.29) is 24.0 Å². The van der Waals surface area contributed by atoms with Crippen LogP contribution in [0.3, 0.4) is 0 Å². The molecule has 1 aliphatic heterocycles. The zero-order valence-electron chi connectivity index (χ0n) is 14.6. The fraction of sp³-hybridized carbons (Fsp3) is 0.706. The highest BCUT2D eigenvalue weighted by Gasteiger charge is 2.19. The van der Waals surface area contributed by atoms with Gasteiger partial charge in [-0.25, -0.2) is 4.99 Å². The zero-order valence-corrected chi connectivity index (χ0v) is 17.7. The van der Waals surface area contributed by atoms with E-state index in [1.165, 1.54) is 49.3 Å². The minimum atomic E-state index is 0. The molecule has 0 aromatic carbocycles. The van der Waals surface area contributed by atoms with Crippen LogP contribution in [0.25, 0.3) is 0 Å². The summed E-state index contributed by atoms with van der Waals surface area (Å²) in [6.07, 6.45) is 3.67. The number of rotatable bonds is 6. The Morgan fingerprint density at radius 3 is 2.65 bits per heavy atom. The topological polar surface area (TPSA) is 39.7 Å². The van der Waals surface area contributed by atoms with Crippen LogP contribution >= 0.6 is 35.3 Å². The number of aryl methyl sites for hydroxylation is 1. The van der Waals surface area contributed by atoms with Gasteiger partial charge in [0, 0.05) is 30.6 Å². The molecule has 4 nitrogen and oxygen atoms in total. The molecule has 2 rings (SSSR count). The monoisotopic (exact) mass is 450 g/mol. The van der Waals surface area contributed by atoms with Crippen LogP contribution in [0.4, 0.5) is 0 Å². The number of nitrogens with one attached hydrogen (secondary N) is 2. The Bertz CT molecular complexity index is 467. The van der Waals surface area contributed by atoms with Gasteiger partial charge >= 0.3 is 0 Å². The molecule has 0 aliphatic carbocycles. The molecule has 1 aromatic heterocycles. The maximum Gasteiger partial charge on any atom is 0.191 e. The van der Waals surface area contributed by atoms with Crippen LogP contribution in [-0.4, -0.2) is 43.1 Å². The number of halogens is 1. The Balaban J connectivity index is 0.00000264. The molecule has 23 heavy (non-hydrogen) atoms. The summed E-state index contributed by atoms with van der Waals surface area (Å²) in [4.78, 5) is 8.68. The lowest BCUT2D eigenvalue weighted by molar-refractivity contribution is 0.206. The molecule has 0 radical (unpaired) electrons. The van der Waals surface area contributed by atoms with Crippen LogP contribution in [0.2, 0.25) is 0 Å². The third-order valence-corrected chi connectivity index (χ3v) is 5.17. The SMILES string of the molecule is CCCN1CCC(NC(=NCc2sccc2C)NCC)CC1.I. The van der Waals surface area contributed by atoms with Gasteiger partial charge in [0.25, 0.3) is 0 Å². The molecule has 1 aromatic rings. The number of hydrogen-bond donors (Lipinski definition) is 2. The number of nitrogens with zero attached hydrogens (tertiary/aromatic N) is 2. The lowest BCUT2D eigenvalue weighted by Gasteiger charge is -2.32. The fourth-order valence-electron chi connectivity index (χ4n) is 2.85. The Kier molecular flexibility index (Phi) is 10.1. The Morgan fingerprint density at radius 1 is 1.35 bits per heavy atom. The van der Waals surface area contributed by atoms with Crippen molar-refractivity contribution in [3.05, 3.63) is 21.9 Å². The van der Waals surface area contributed by atoms with Crippen molar-refractivity contribution in [2.24, 2.45) is 4.99 Å². The highest BCUT2D eigenvalue weighted by molar-refractivity contribution is 14.0. The standard InChI is InChI=1S/C17H30N4S.HI/c1-4-9-21-10-6-15(7-11-21)20-17(18-5-2)19-13-16-14(3)8-12-22-16;/h8,12,15H,4-7,9-11,13H2,1-3H3,(H2,18,19,20);1H. The molecule has 132 valence electrons. The van der Waals surface area contributed by atoms with Crippen LogP contribution in [0.15, 0.2) is 16.4 Å². The van der Waals surface area contributed by atoms with E-state index in [4.69, 9.17) is 4.99 Å². The summed E-state index contributed by atoms with van der Waals surface area (Å²) >= 11 is 1.79. The molecule has 1 fully saturated rings. The van der Waals surface area contributed by atoms with E-state index >= 15 is 0 Å². The molecule has 0 saturated carbocycles. The van der Waals surface area contributed by atoms with Crippen LogP contribution in [0.1, 0.15) is 43.6 Å². The van der Waals surface area contributed by atoms with Gasteiger partial charge < -0.3 is 15.5 Å². The smallest absolute Gasteiger partial charge is 0.191 e. The van der Waals surface area contributed by atoms with Gasteiger partial charge in [0.15, 0.2) is 5.96 Å². The van der Waals surface area contributed by atoms with E-state index in [9.17, 15) is 0 Å².